The molecule has 2 rings (SSSR count). The van der Waals surface area contributed by atoms with Gasteiger partial charge in [0.2, 0.25) is 23.6 Å². The lowest BCUT2D eigenvalue weighted by Gasteiger charge is -2.27. The lowest BCUT2D eigenvalue weighted by molar-refractivity contribution is -0.138. The number of ether oxygens (including phenoxy) is 2. The number of amides is 4. The van der Waals surface area contributed by atoms with Crippen molar-refractivity contribution in [3.63, 3.8) is 0 Å². The predicted octanol–water partition coefficient (Wildman–Crippen LogP) is -1.05. The molecule has 50 heavy (non-hydrogen) atoms. The van der Waals surface area contributed by atoms with Crippen LogP contribution in [0.4, 0.5) is 0 Å². The number of aliphatic carboxylic acids is 1. The van der Waals surface area contributed by atoms with E-state index in [1.165, 1.54) is 36.4 Å². The third-order valence-electron chi connectivity index (χ3n) is 6.78. The van der Waals surface area contributed by atoms with Crippen molar-refractivity contribution >= 4 is 37.4 Å². The molecule has 0 saturated carbocycles. The molecule has 18 nitrogen and oxygen atoms in total. The minimum absolute atomic E-state index is 0.00653. The molecule has 0 aromatic heterocycles. The molecule has 10 N–H and O–H groups in total. The SMILES string of the molecule is CC(C)[C@H](NC(=O)[C@H](Cc1ccc(O)cc1)NC(=O)COCCOCCN)C(=O)N[C@@H](Cc1ccc(OP(=O)(O)O)cc1)C(=O)NCC(=O)O. The monoisotopic (exact) mass is 725 g/mol. The van der Waals surface area contributed by atoms with Gasteiger partial charge in [0, 0.05) is 19.4 Å². The normalized spacial score (nSPS) is 13.1. The number of hydrogen-bond acceptors (Lipinski definition) is 11. The second-order valence-corrected chi connectivity index (χ2v) is 12.4. The maximum atomic E-state index is 13.6. The number of carboxylic acids is 1. The molecule has 0 unspecified atom stereocenters. The van der Waals surface area contributed by atoms with E-state index in [0.717, 1.165) is 0 Å². The van der Waals surface area contributed by atoms with Crippen molar-refractivity contribution in [1.82, 2.24) is 21.3 Å². The number of aromatic hydroxyl groups is 1. The van der Waals surface area contributed by atoms with Crippen LogP contribution in [0.1, 0.15) is 25.0 Å². The Balaban J connectivity index is 2.22. The van der Waals surface area contributed by atoms with E-state index in [4.69, 9.17) is 30.1 Å². The predicted molar refractivity (Wildman–Crippen MR) is 177 cm³/mol. The summed E-state index contributed by atoms with van der Waals surface area (Å²) in [4.78, 5) is 82.0. The summed E-state index contributed by atoms with van der Waals surface area (Å²) in [5.74, 6) is -5.03. The van der Waals surface area contributed by atoms with Crippen molar-refractivity contribution in [3.8, 4) is 11.5 Å². The zero-order chi connectivity index (χ0) is 37.3. The molecule has 0 aliphatic rings. The van der Waals surface area contributed by atoms with Crippen LogP contribution in [0, 0.1) is 5.92 Å². The molecule has 0 aliphatic heterocycles. The number of carbonyl (C=O) groups is 5. The van der Waals surface area contributed by atoms with Gasteiger partial charge in [-0.15, -0.1) is 0 Å². The van der Waals surface area contributed by atoms with Gasteiger partial charge in [-0.05, 0) is 41.3 Å². The number of benzene rings is 2. The summed E-state index contributed by atoms with van der Waals surface area (Å²) in [5.41, 5.74) is 6.35. The van der Waals surface area contributed by atoms with Crippen LogP contribution in [0.25, 0.3) is 0 Å². The summed E-state index contributed by atoms with van der Waals surface area (Å²) >= 11 is 0. The van der Waals surface area contributed by atoms with Crippen molar-refractivity contribution in [3.05, 3.63) is 59.7 Å². The summed E-state index contributed by atoms with van der Waals surface area (Å²) in [6.07, 6.45) is -0.200. The quantitative estimate of drug-likeness (QED) is 0.0518. The highest BCUT2D eigenvalue weighted by molar-refractivity contribution is 7.46. The van der Waals surface area contributed by atoms with E-state index in [1.54, 1.807) is 26.0 Å². The molecule has 3 atom stereocenters. The number of phenols is 1. The van der Waals surface area contributed by atoms with Gasteiger partial charge >= 0.3 is 13.8 Å². The smallest absolute Gasteiger partial charge is 0.508 e. The molecule has 0 bridgehead atoms. The standard InChI is InChI=1S/C31H44N5O13P/c1-19(2)28(31(43)35-24(29(41)33-17-27(39)40)15-21-5-9-23(10-6-21)49-50(44,45)46)36-30(42)25(16-20-3-7-22(37)8-4-20)34-26(38)18-48-14-13-47-12-11-32/h3-10,19,24-25,28,37H,11-18,32H2,1-2H3,(H,33,41)(H,34,38)(H,35,43)(H,36,42)(H,39,40)(H2,44,45,46)/t24-,25-,28-/m0/s1. The van der Waals surface area contributed by atoms with Crippen molar-refractivity contribution in [2.45, 2.75) is 44.8 Å². The van der Waals surface area contributed by atoms with Crippen LogP contribution < -0.4 is 31.5 Å². The molecule has 0 heterocycles. The van der Waals surface area contributed by atoms with Gasteiger partial charge in [0.1, 0.15) is 42.8 Å². The maximum absolute atomic E-state index is 13.6. The molecular formula is C31H44N5O13P. The van der Waals surface area contributed by atoms with E-state index in [-0.39, 0.29) is 44.2 Å². The van der Waals surface area contributed by atoms with Gasteiger partial charge in [0.25, 0.3) is 0 Å². The number of nitrogens with one attached hydrogen (secondary N) is 4. The highest BCUT2D eigenvalue weighted by Crippen LogP contribution is 2.37. The number of carboxylic acid groups (broad SMARTS) is 1. The summed E-state index contributed by atoms with van der Waals surface area (Å²) < 4.78 is 26.1. The minimum Gasteiger partial charge on any atom is -0.508 e. The third-order valence-corrected chi connectivity index (χ3v) is 7.23. The molecule has 2 aromatic rings. The molecule has 276 valence electrons. The van der Waals surface area contributed by atoms with E-state index in [9.17, 15) is 33.6 Å². The van der Waals surface area contributed by atoms with Gasteiger partial charge in [-0.1, -0.05) is 38.1 Å². The van der Waals surface area contributed by atoms with Gasteiger partial charge < -0.3 is 51.2 Å². The number of phosphoric acid groups is 1. The van der Waals surface area contributed by atoms with Crippen molar-refractivity contribution in [2.75, 3.05) is 39.5 Å². The molecule has 0 saturated heterocycles. The number of phenolic OH excluding ortho intramolecular Hbond substituents is 1. The van der Waals surface area contributed by atoms with Crippen LogP contribution in [0.3, 0.4) is 0 Å². The first-order valence-corrected chi connectivity index (χ1v) is 17.0. The number of hydrogen-bond donors (Lipinski definition) is 9. The molecule has 0 spiro atoms. The lowest BCUT2D eigenvalue weighted by atomic mass is 9.99. The van der Waals surface area contributed by atoms with E-state index in [2.05, 4.69) is 25.8 Å². The number of nitrogens with two attached hydrogens (primary N) is 1. The van der Waals surface area contributed by atoms with Crippen LogP contribution in [-0.2, 0) is 50.9 Å². The number of rotatable bonds is 22. The first kappa shape index (κ1) is 41.6. The Morgan fingerprint density at radius 2 is 1.34 bits per heavy atom. The van der Waals surface area contributed by atoms with Crippen LogP contribution in [0.15, 0.2) is 48.5 Å². The summed E-state index contributed by atoms with van der Waals surface area (Å²) in [7, 11) is -4.82. The Kier molecular flexibility index (Phi) is 17.3. The molecule has 19 heteroatoms. The maximum Gasteiger partial charge on any atom is 0.524 e. The van der Waals surface area contributed by atoms with E-state index < -0.39 is 68.0 Å². The Morgan fingerprint density at radius 3 is 1.88 bits per heavy atom. The fraction of sp³-hybridized carbons (Fsp3) is 0.452. The Bertz CT molecular complexity index is 1470. The Morgan fingerprint density at radius 1 is 0.780 bits per heavy atom. The first-order chi connectivity index (χ1) is 23.6. The molecule has 4 amide bonds. The summed E-state index contributed by atoms with van der Waals surface area (Å²) in [5, 5.41) is 28.7. The molecule has 0 fully saturated rings. The van der Waals surface area contributed by atoms with Crippen molar-refractivity contribution in [2.24, 2.45) is 11.7 Å². The molecule has 0 aliphatic carbocycles. The third kappa shape index (κ3) is 16.2. The van der Waals surface area contributed by atoms with Gasteiger partial charge in [-0.25, -0.2) is 4.57 Å². The highest BCUT2D eigenvalue weighted by Gasteiger charge is 2.32. The van der Waals surface area contributed by atoms with E-state index >= 15 is 0 Å². The largest absolute Gasteiger partial charge is 0.524 e. The number of phosphoric ester groups is 1. The lowest BCUT2D eigenvalue weighted by Crippen LogP contribution is -2.59. The van der Waals surface area contributed by atoms with E-state index in [0.29, 0.717) is 24.3 Å². The van der Waals surface area contributed by atoms with Crippen LogP contribution in [-0.4, -0.2) is 107 Å². The average molecular weight is 726 g/mol. The zero-order valence-electron chi connectivity index (χ0n) is 27.6. The van der Waals surface area contributed by atoms with Crippen molar-refractivity contribution in [1.29, 1.82) is 0 Å². The van der Waals surface area contributed by atoms with Crippen LogP contribution in [0.5, 0.6) is 11.5 Å². The molecular weight excluding hydrogens is 681 g/mol. The van der Waals surface area contributed by atoms with Gasteiger partial charge in [-0.3, -0.25) is 33.8 Å². The van der Waals surface area contributed by atoms with Crippen LogP contribution >= 0.6 is 7.82 Å². The second-order valence-electron chi connectivity index (χ2n) is 11.3. The molecule has 2 aromatic carbocycles. The van der Waals surface area contributed by atoms with Gasteiger partial charge in [0.15, 0.2) is 0 Å². The highest BCUT2D eigenvalue weighted by atomic mass is 31.2. The molecule has 0 radical (unpaired) electrons. The fourth-order valence-corrected chi connectivity index (χ4v) is 4.78. The Hall–Kier alpha value is -4.58. The van der Waals surface area contributed by atoms with Gasteiger partial charge in [0.05, 0.1) is 19.8 Å². The Labute approximate surface area is 288 Å². The summed E-state index contributed by atoms with van der Waals surface area (Å²) in [6, 6.07) is 7.44. The topological polar surface area (TPSA) is 285 Å². The zero-order valence-corrected chi connectivity index (χ0v) is 28.5. The average Bonchev–Trinajstić information content (AvgIpc) is 3.04. The minimum atomic E-state index is -4.82. The second kappa shape index (κ2) is 20.8. The van der Waals surface area contributed by atoms with Crippen molar-refractivity contribution < 1.29 is 62.5 Å². The number of carbonyl (C=O) groups excluding carboxylic acids is 4. The van der Waals surface area contributed by atoms with E-state index in [1.807, 2.05) is 0 Å². The van der Waals surface area contributed by atoms with Crippen LogP contribution in [0.2, 0.25) is 0 Å². The van der Waals surface area contributed by atoms with Gasteiger partial charge in [-0.2, -0.15) is 0 Å². The first-order valence-electron chi connectivity index (χ1n) is 15.4. The summed E-state index contributed by atoms with van der Waals surface area (Å²) in [6.45, 7) is 3.11. The fourth-order valence-electron chi connectivity index (χ4n) is 4.39.